The highest BCUT2D eigenvalue weighted by molar-refractivity contribution is 7.92. The summed E-state index contributed by atoms with van der Waals surface area (Å²) in [7, 11) is -3.94. The van der Waals surface area contributed by atoms with Gasteiger partial charge in [0.2, 0.25) is 23.7 Å². The van der Waals surface area contributed by atoms with E-state index in [1.54, 1.807) is 6.07 Å². The summed E-state index contributed by atoms with van der Waals surface area (Å²) < 4.78 is 27.6. The standard InChI is InChI=1S/C27H27N5O5S/c33-24(30-19-11-13-20(14-12-19)38(36,37)31-27-28-15-6-16-29-27)23(17-18-7-2-1-3-8-18)32-25(34)21-9-4-5-10-22(21)26(32)35/h1-3,6-8,11-16,21-23H,4-5,9-10,17H2,(H,30,33)(H,28,29,31). The normalized spacial score (nSPS) is 20.1. The van der Waals surface area contributed by atoms with Crippen LogP contribution in [0.5, 0.6) is 0 Å². The highest BCUT2D eigenvalue weighted by atomic mass is 32.2. The summed E-state index contributed by atoms with van der Waals surface area (Å²) in [4.78, 5) is 48.9. The molecule has 38 heavy (non-hydrogen) atoms. The summed E-state index contributed by atoms with van der Waals surface area (Å²) in [5, 5.41) is 2.76. The van der Waals surface area contributed by atoms with Gasteiger partial charge in [0.25, 0.3) is 10.0 Å². The molecule has 1 aromatic heterocycles. The summed E-state index contributed by atoms with van der Waals surface area (Å²) in [6.45, 7) is 0. The summed E-state index contributed by atoms with van der Waals surface area (Å²) in [5.41, 5.74) is 1.15. The molecule has 5 rings (SSSR count). The van der Waals surface area contributed by atoms with E-state index in [2.05, 4.69) is 20.0 Å². The Bertz CT molecular complexity index is 1410. The van der Waals surface area contributed by atoms with Crippen molar-refractivity contribution in [3.05, 3.63) is 78.6 Å². The van der Waals surface area contributed by atoms with Crippen LogP contribution in [0.4, 0.5) is 11.6 Å². The zero-order valence-corrected chi connectivity index (χ0v) is 21.3. The number of amides is 3. The molecule has 11 heteroatoms. The fourth-order valence-corrected chi connectivity index (χ4v) is 6.07. The van der Waals surface area contributed by atoms with E-state index in [0.29, 0.717) is 18.5 Å². The fraction of sp³-hybridized carbons (Fsp3) is 0.296. The van der Waals surface area contributed by atoms with Crippen molar-refractivity contribution >= 4 is 39.4 Å². The highest BCUT2D eigenvalue weighted by Gasteiger charge is 2.51. The van der Waals surface area contributed by atoms with E-state index >= 15 is 0 Å². The van der Waals surface area contributed by atoms with E-state index in [-0.39, 0.29) is 40.9 Å². The number of anilines is 2. The van der Waals surface area contributed by atoms with E-state index in [4.69, 9.17) is 0 Å². The monoisotopic (exact) mass is 533 g/mol. The van der Waals surface area contributed by atoms with Gasteiger partial charge >= 0.3 is 0 Å². The van der Waals surface area contributed by atoms with Gasteiger partial charge in [-0.15, -0.1) is 0 Å². The molecular weight excluding hydrogens is 506 g/mol. The van der Waals surface area contributed by atoms with Crippen LogP contribution in [0, 0.1) is 11.8 Å². The largest absolute Gasteiger partial charge is 0.324 e. The van der Waals surface area contributed by atoms with Gasteiger partial charge in [0, 0.05) is 24.5 Å². The molecule has 2 N–H and O–H groups in total. The van der Waals surface area contributed by atoms with Crippen LogP contribution in [-0.4, -0.2) is 47.0 Å². The number of aromatic nitrogens is 2. The topological polar surface area (TPSA) is 138 Å². The van der Waals surface area contributed by atoms with Gasteiger partial charge in [-0.25, -0.2) is 23.1 Å². The number of likely N-dealkylation sites (tertiary alicyclic amines) is 1. The van der Waals surface area contributed by atoms with Gasteiger partial charge in [0.1, 0.15) is 6.04 Å². The second kappa shape index (κ2) is 10.7. The Balaban J connectivity index is 1.36. The number of hydrogen-bond acceptors (Lipinski definition) is 7. The Kier molecular flexibility index (Phi) is 7.19. The Hall–Kier alpha value is -4.12. The van der Waals surface area contributed by atoms with Crippen molar-refractivity contribution in [2.24, 2.45) is 11.8 Å². The molecule has 1 aliphatic carbocycles. The first-order valence-corrected chi connectivity index (χ1v) is 13.9. The molecule has 1 aliphatic heterocycles. The Morgan fingerprint density at radius 1 is 0.895 bits per heavy atom. The highest BCUT2D eigenvalue weighted by Crippen LogP contribution is 2.39. The molecule has 3 aromatic rings. The Morgan fingerprint density at radius 3 is 2.11 bits per heavy atom. The van der Waals surface area contributed by atoms with Gasteiger partial charge in [-0.2, -0.15) is 0 Å². The van der Waals surface area contributed by atoms with Crippen molar-refractivity contribution < 1.29 is 22.8 Å². The van der Waals surface area contributed by atoms with Crippen molar-refractivity contribution in [2.75, 3.05) is 10.0 Å². The number of carbonyl (C=O) groups excluding carboxylic acids is 3. The Labute approximate surface area is 220 Å². The minimum Gasteiger partial charge on any atom is -0.324 e. The lowest BCUT2D eigenvalue weighted by atomic mass is 9.81. The maximum atomic E-state index is 13.5. The third-order valence-electron chi connectivity index (χ3n) is 6.98. The zero-order chi connectivity index (χ0) is 26.7. The van der Waals surface area contributed by atoms with Gasteiger partial charge in [0.05, 0.1) is 16.7 Å². The van der Waals surface area contributed by atoms with E-state index in [1.807, 2.05) is 30.3 Å². The van der Waals surface area contributed by atoms with Crippen molar-refractivity contribution in [1.29, 1.82) is 0 Å². The SMILES string of the molecule is O=C(Nc1ccc(S(=O)(=O)Nc2ncccn2)cc1)C(Cc1ccccc1)N1C(=O)C2CCCCC2C1=O. The van der Waals surface area contributed by atoms with Gasteiger partial charge < -0.3 is 5.32 Å². The van der Waals surface area contributed by atoms with Crippen LogP contribution < -0.4 is 10.0 Å². The molecule has 0 radical (unpaired) electrons. The first kappa shape index (κ1) is 25.5. The summed E-state index contributed by atoms with van der Waals surface area (Å²) >= 11 is 0. The number of benzene rings is 2. The molecule has 0 bridgehead atoms. The molecule has 2 aromatic carbocycles. The van der Waals surface area contributed by atoms with Gasteiger partial charge in [-0.1, -0.05) is 43.2 Å². The van der Waals surface area contributed by atoms with E-state index < -0.39 is 22.0 Å². The van der Waals surface area contributed by atoms with Crippen LogP contribution in [-0.2, 0) is 30.8 Å². The second-order valence-electron chi connectivity index (χ2n) is 9.44. The number of carbonyl (C=O) groups is 3. The molecule has 10 nitrogen and oxygen atoms in total. The molecule has 2 heterocycles. The minimum atomic E-state index is -3.94. The zero-order valence-electron chi connectivity index (χ0n) is 20.5. The molecule has 3 amide bonds. The first-order chi connectivity index (χ1) is 18.3. The van der Waals surface area contributed by atoms with E-state index in [0.717, 1.165) is 23.3 Å². The maximum absolute atomic E-state index is 13.5. The third-order valence-corrected chi connectivity index (χ3v) is 8.33. The molecule has 2 aliphatic rings. The smallest absolute Gasteiger partial charge is 0.264 e. The maximum Gasteiger partial charge on any atom is 0.264 e. The van der Waals surface area contributed by atoms with Crippen molar-refractivity contribution in [3.63, 3.8) is 0 Å². The van der Waals surface area contributed by atoms with E-state index in [1.165, 1.54) is 36.7 Å². The van der Waals surface area contributed by atoms with E-state index in [9.17, 15) is 22.8 Å². The van der Waals surface area contributed by atoms with Crippen LogP contribution in [0.3, 0.4) is 0 Å². The summed E-state index contributed by atoms with van der Waals surface area (Å²) in [6, 6.07) is 15.4. The number of hydrogen-bond donors (Lipinski definition) is 2. The molecule has 1 saturated heterocycles. The molecule has 3 atom stereocenters. The summed E-state index contributed by atoms with van der Waals surface area (Å²) in [6.07, 6.45) is 6.11. The van der Waals surface area contributed by atoms with Gasteiger partial charge in [0.15, 0.2) is 0 Å². The summed E-state index contributed by atoms with van der Waals surface area (Å²) in [5.74, 6) is -1.88. The predicted octanol–water partition coefficient (Wildman–Crippen LogP) is 3.00. The average Bonchev–Trinajstić information content (AvgIpc) is 3.18. The number of nitrogens with one attached hydrogen (secondary N) is 2. The van der Waals surface area contributed by atoms with Crippen molar-refractivity contribution in [2.45, 2.75) is 43.0 Å². The predicted molar refractivity (Wildman–Crippen MR) is 139 cm³/mol. The van der Waals surface area contributed by atoms with Gasteiger partial charge in [-0.05, 0) is 48.7 Å². The first-order valence-electron chi connectivity index (χ1n) is 12.4. The van der Waals surface area contributed by atoms with Crippen LogP contribution in [0.15, 0.2) is 78.0 Å². The van der Waals surface area contributed by atoms with Crippen LogP contribution in [0.25, 0.3) is 0 Å². The minimum absolute atomic E-state index is 0.0437. The molecule has 2 fully saturated rings. The number of rotatable bonds is 8. The lowest BCUT2D eigenvalue weighted by Gasteiger charge is -2.26. The second-order valence-corrected chi connectivity index (χ2v) is 11.1. The number of nitrogens with zero attached hydrogens (tertiary/aromatic N) is 3. The quantitative estimate of drug-likeness (QED) is 0.425. The molecule has 1 saturated carbocycles. The average molecular weight is 534 g/mol. The van der Waals surface area contributed by atoms with Crippen molar-refractivity contribution in [1.82, 2.24) is 14.9 Å². The lowest BCUT2D eigenvalue weighted by Crippen LogP contribution is -2.49. The van der Waals surface area contributed by atoms with Crippen molar-refractivity contribution in [3.8, 4) is 0 Å². The number of fused-ring (bicyclic) bond motifs is 1. The van der Waals surface area contributed by atoms with Crippen LogP contribution >= 0.6 is 0 Å². The molecule has 196 valence electrons. The van der Waals surface area contributed by atoms with Gasteiger partial charge in [-0.3, -0.25) is 19.3 Å². The van der Waals surface area contributed by atoms with Crippen LogP contribution in [0.1, 0.15) is 31.2 Å². The van der Waals surface area contributed by atoms with Crippen LogP contribution in [0.2, 0.25) is 0 Å². The fourth-order valence-electron chi connectivity index (χ4n) is 5.11. The third kappa shape index (κ3) is 5.28. The molecule has 3 unspecified atom stereocenters. The molecule has 0 spiro atoms. The number of sulfonamides is 1. The molecular formula is C27H27N5O5S. The Morgan fingerprint density at radius 2 is 1.50 bits per heavy atom. The number of imide groups is 1. The lowest BCUT2D eigenvalue weighted by molar-refractivity contribution is -0.146.